The summed E-state index contributed by atoms with van der Waals surface area (Å²) in [5, 5.41) is 0. The molecule has 1 rings (SSSR count). The molecule has 0 N–H and O–H groups in total. The zero-order chi connectivity index (χ0) is 14.3. The van der Waals surface area contributed by atoms with Crippen LogP contribution < -0.4 is 4.74 Å². The van der Waals surface area contributed by atoms with Gasteiger partial charge in [0.15, 0.2) is 0 Å². The number of nitrogens with zero attached hydrogens (tertiary/aromatic N) is 1. The van der Waals surface area contributed by atoms with Crippen molar-refractivity contribution in [2.75, 3.05) is 13.1 Å². The van der Waals surface area contributed by atoms with E-state index >= 15 is 0 Å². The molecule has 1 amide bonds. The van der Waals surface area contributed by atoms with Gasteiger partial charge in [0, 0.05) is 20.0 Å². The average molecular weight is 263 g/mol. The molecule has 0 aliphatic heterocycles. The van der Waals surface area contributed by atoms with Gasteiger partial charge >= 0.3 is 5.97 Å². The summed E-state index contributed by atoms with van der Waals surface area (Å²) in [4.78, 5) is 25.3. The Hall–Kier alpha value is -1.84. The average Bonchev–Trinajstić information content (AvgIpc) is 2.38. The lowest BCUT2D eigenvalue weighted by Gasteiger charge is -2.22. The van der Waals surface area contributed by atoms with Crippen molar-refractivity contribution < 1.29 is 14.3 Å². The Morgan fingerprint density at radius 1 is 1.11 bits per heavy atom. The second-order valence-electron chi connectivity index (χ2n) is 4.38. The molecule has 0 heterocycles. The van der Waals surface area contributed by atoms with Crippen molar-refractivity contribution in [3.05, 3.63) is 29.8 Å². The van der Waals surface area contributed by atoms with Crippen LogP contribution in [-0.2, 0) is 4.79 Å². The van der Waals surface area contributed by atoms with Gasteiger partial charge in [0.05, 0.1) is 5.56 Å². The third-order valence-corrected chi connectivity index (χ3v) is 2.65. The number of carbonyl (C=O) groups excluding carboxylic acids is 2. The predicted octanol–water partition coefficient (Wildman–Crippen LogP) is 2.87. The van der Waals surface area contributed by atoms with Crippen LogP contribution in [0.3, 0.4) is 0 Å². The Balaban J connectivity index is 2.99. The number of esters is 1. The van der Waals surface area contributed by atoms with Crippen LogP contribution in [0.1, 0.15) is 44.0 Å². The Morgan fingerprint density at radius 3 is 2.21 bits per heavy atom. The first kappa shape index (κ1) is 15.2. The van der Waals surface area contributed by atoms with Gasteiger partial charge in [0.1, 0.15) is 5.75 Å². The molecule has 0 atom stereocenters. The van der Waals surface area contributed by atoms with E-state index in [1.54, 1.807) is 29.2 Å². The largest absolute Gasteiger partial charge is 0.426 e. The third kappa shape index (κ3) is 4.39. The first-order valence-electron chi connectivity index (χ1n) is 6.66. The number of para-hydroxylation sites is 1. The summed E-state index contributed by atoms with van der Waals surface area (Å²) in [7, 11) is 0. The summed E-state index contributed by atoms with van der Waals surface area (Å²) in [6.07, 6.45) is 1.81. The molecule has 0 aromatic heterocycles. The molecule has 0 aliphatic carbocycles. The number of hydrogen-bond donors (Lipinski definition) is 0. The highest BCUT2D eigenvalue weighted by Gasteiger charge is 2.18. The van der Waals surface area contributed by atoms with Crippen LogP contribution in [0.25, 0.3) is 0 Å². The molecule has 0 fully saturated rings. The molecule has 4 nitrogen and oxygen atoms in total. The fourth-order valence-electron chi connectivity index (χ4n) is 1.91. The Labute approximate surface area is 114 Å². The normalized spacial score (nSPS) is 10.1. The molecule has 0 spiro atoms. The van der Waals surface area contributed by atoms with E-state index in [0.29, 0.717) is 24.4 Å². The number of ether oxygens (including phenoxy) is 1. The molecule has 4 heteroatoms. The maximum absolute atomic E-state index is 12.5. The summed E-state index contributed by atoms with van der Waals surface area (Å²) in [5.74, 6) is -0.171. The summed E-state index contributed by atoms with van der Waals surface area (Å²) >= 11 is 0. The van der Waals surface area contributed by atoms with Gasteiger partial charge in [-0.25, -0.2) is 0 Å². The van der Waals surface area contributed by atoms with Crippen LogP contribution >= 0.6 is 0 Å². The Kier molecular flexibility index (Phi) is 6.06. The van der Waals surface area contributed by atoms with Crippen molar-refractivity contribution in [3.63, 3.8) is 0 Å². The fraction of sp³-hybridized carbons (Fsp3) is 0.467. The molecule has 0 saturated carbocycles. The van der Waals surface area contributed by atoms with Gasteiger partial charge in [-0.1, -0.05) is 26.0 Å². The number of amides is 1. The summed E-state index contributed by atoms with van der Waals surface area (Å²) in [6, 6.07) is 6.86. The minimum atomic E-state index is -0.419. The lowest BCUT2D eigenvalue weighted by Crippen LogP contribution is -2.32. The zero-order valence-corrected chi connectivity index (χ0v) is 11.8. The second-order valence-corrected chi connectivity index (χ2v) is 4.38. The second kappa shape index (κ2) is 7.56. The lowest BCUT2D eigenvalue weighted by molar-refractivity contribution is -0.131. The van der Waals surface area contributed by atoms with E-state index in [4.69, 9.17) is 4.74 Å². The molecule has 0 radical (unpaired) electrons. The maximum Gasteiger partial charge on any atom is 0.308 e. The van der Waals surface area contributed by atoms with Gasteiger partial charge in [0.2, 0.25) is 0 Å². The summed E-state index contributed by atoms with van der Waals surface area (Å²) in [5.41, 5.74) is 0.444. The zero-order valence-electron chi connectivity index (χ0n) is 11.8. The van der Waals surface area contributed by atoms with Crippen molar-refractivity contribution in [1.29, 1.82) is 0 Å². The van der Waals surface area contributed by atoms with E-state index in [2.05, 4.69) is 0 Å². The highest BCUT2D eigenvalue weighted by atomic mass is 16.5. The van der Waals surface area contributed by atoms with Crippen LogP contribution in [-0.4, -0.2) is 29.9 Å². The molecule has 0 saturated heterocycles. The van der Waals surface area contributed by atoms with E-state index in [9.17, 15) is 9.59 Å². The molecule has 0 unspecified atom stereocenters. The maximum atomic E-state index is 12.5. The van der Waals surface area contributed by atoms with E-state index < -0.39 is 5.97 Å². The molecule has 1 aromatic rings. The van der Waals surface area contributed by atoms with Crippen LogP contribution in [0, 0.1) is 0 Å². The fourth-order valence-corrected chi connectivity index (χ4v) is 1.91. The Morgan fingerprint density at radius 2 is 1.68 bits per heavy atom. The highest BCUT2D eigenvalue weighted by molar-refractivity contribution is 5.97. The SMILES string of the molecule is CCCN(CCC)C(=O)c1ccccc1OC(C)=O. The van der Waals surface area contributed by atoms with Gasteiger partial charge in [-0.05, 0) is 25.0 Å². The molecular weight excluding hydrogens is 242 g/mol. The van der Waals surface area contributed by atoms with Gasteiger partial charge in [0.25, 0.3) is 5.91 Å². The van der Waals surface area contributed by atoms with Crippen molar-refractivity contribution in [2.45, 2.75) is 33.6 Å². The molecule has 0 aliphatic rings. The number of carbonyl (C=O) groups is 2. The smallest absolute Gasteiger partial charge is 0.308 e. The molecule has 0 bridgehead atoms. The number of rotatable bonds is 6. The molecule has 104 valence electrons. The highest BCUT2D eigenvalue weighted by Crippen LogP contribution is 2.20. The Bertz CT molecular complexity index is 437. The first-order valence-corrected chi connectivity index (χ1v) is 6.66. The van der Waals surface area contributed by atoms with Crippen molar-refractivity contribution in [2.24, 2.45) is 0 Å². The minimum absolute atomic E-state index is 0.0828. The monoisotopic (exact) mass is 263 g/mol. The van der Waals surface area contributed by atoms with Gasteiger partial charge in [-0.2, -0.15) is 0 Å². The van der Waals surface area contributed by atoms with Crippen LogP contribution in [0.2, 0.25) is 0 Å². The number of hydrogen-bond acceptors (Lipinski definition) is 3. The van der Waals surface area contributed by atoms with Crippen molar-refractivity contribution in [3.8, 4) is 5.75 Å². The van der Waals surface area contributed by atoms with Crippen LogP contribution in [0.5, 0.6) is 5.75 Å². The van der Waals surface area contributed by atoms with Gasteiger partial charge in [-0.15, -0.1) is 0 Å². The van der Waals surface area contributed by atoms with Crippen molar-refractivity contribution >= 4 is 11.9 Å². The van der Waals surface area contributed by atoms with E-state index in [-0.39, 0.29) is 5.91 Å². The number of benzene rings is 1. The van der Waals surface area contributed by atoms with E-state index in [1.165, 1.54) is 6.92 Å². The summed E-state index contributed by atoms with van der Waals surface area (Å²) in [6.45, 7) is 6.82. The van der Waals surface area contributed by atoms with Gasteiger partial charge in [-0.3, -0.25) is 9.59 Å². The molecular formula is C15H21NO3. The van der Waals surface area contributed by atoms with E-state index in [1.807, 2.05) is 13.8 Å². The van der Waals surface area contributed by atoms with Crippen molar-refractivity contribution in [1.82, 2.24) is 4.90 Å². The van der Waals surface area contributed by atoms with E-state index in [0.717, 1.165) is 12.8 Å². The third-order valence-electron chi connectivity index (χ3n) is 2.65. The first-order chi connectivity index (χ1) is 9.10. The van der Waals surface area contributed by atoms with Crippen LogP contribution in [0.15, 0.2) is 24.3 Å². The quantitative estimate of drug-likeness (QED) is 0.585. The summed E-state index contributed by atoms with van der Waals surface area (Å²) < 4.78 is 5.09. The molecule has 1 aromatic carbocycles. The molecule has 19 heavy (non-hydrogen) atoms. The topological polar surface area (TPSA) is 46.6 Å². The van der Waals surface area contributed by atoms with Crippen LogP contribution in [0.4, 0.5) is 0 Å². The lowest BCUT2D eigenvalue weighted by atomic mass is 10.1. The minimum Gasteiger partial charge on any atom is -0.426 e. The standard InChI is InChI=1S/C15H21NO3/c1-4-10-16(11-5-2)15(18)13-8-6-7-9-14(13)19-12(3)17/h6-9H,4-5,10-11H2,1-3H3. The predicted molar refractivity (Wildman–Crippen MR) is 74.2 cm³/mol. The van der Waals surface area contributed by atoms with Gasteiger partial charge < -0.3 is 9.64 Å².